The molecule has 130 valence electrons. The number of carbonyl (C=O) groups excluding carboxylic acids is 2. The number of fused-ring (bicyclic) bond motifs is 3. The van der Waals surface area contributed by atoms with E-state index in [1.54, 1.807) is 6.92 Å². The minimum Gasteiger partial charge on any atom is -0.462 e. The lowest BCUT2D eigenvalue weighted by molar-refractivity contribution is 0.0526. The average Bonchev–Trinajstić information content (AvgIpc) is 3.10. The van der Waals surface area contributed by atoms with Gasteiger partial charge in [-0.1, -0.05) is 42.0 Å². The van der Waals surface area contributed by atoms with Crippen molar-refractivity contribution in [3.8, 4) is 16.8 Å². The maximum atomic E-state index is 13.1. The van der Waals surface area contributed by atoms with Gasteiger partial charge in [-0.3, -0.25) is 4.79 Å². The van der Waals surface area contributed by atoms with E-state index < -0.39 is 5.97 Å². The number of ketones is 1. The number of hydrogen-bond donors (Lipinski definition) is 0. The topological polar surface area (TPSA) is 48.3 Å². The van der Waals surface area contributed by atoms with Crippen LogP contribution in [0, 0.1) is 13.8 Å². The highest BCUT2D eigenvalue weighted by Gasteiger charge is 2.36. The van der Waals surface area contributed by atoms with Gasteiger partial charge < -0.3 is 9.30 Å². The van der Waals surface area contributed by atoms with Gasteiger partial charge in [0.1, 0.15) is 5.69 Å². The standard InChI is InChI=1S/C22H19NO3/c1-4-26-22(25)18-14(3)23-17-8-6-5-7-16(17)21(24)20(23)19(18)15-11-9-13(2)10-12-15/h5-12H,4H2,1-3H3. The van der Waals surface area contributed by atoms with Crippen molar-refractivity contribution in [1.82, 2.24) is 4.57 Å². The van der Waals surface area contributed by atoms with E-state index in [2.05, 4.69) is 0 Å². The van der Waals surface area contributed by atoms with E-state index in [4.69, 9.17) is 4.74 Å². The summed E-state index contributed by atoms with van der Waals surface area (Å²) in [5.74, 6) is -0.456. The fourth-order valence-electron chi connectivity index (χ4n) is 3.65. The quantitative estimate of drug-likeness (QED) is 0.514. The third-order valence-electron chi connectivity index (χ3n) is 4.83. The zero-order valence-electron chi connectivity index (χ0n) is 15.0. The average molecular weight is 345 g/mol. The molecule has 26 heavy (non-hydrogen) atoms. The molecule has 0 unspecified atom stereocenters. The number of aryl methyl sites for hydroxylation is 1. The summed E-state index contributed by atoms with van der Waals surface area (Å²) in [6.45, 7) is 5.94. The van der Waals surface area contributed by atoms with Crippen molar-refractivity contribution in [2.45, 2.75) is 20.8 Å². The van der Waals surface area contributed by atoms with Gasteiger partial charge in [-0.05, 0) is 38.5 Å². The van der Waals surface area contributed by atoms with Gasteiger partial charge in [0.2, 0.25) is 5.78 Å². The molecule has 0 radical (unpaired) electrons. The van der Waals surface area contributed by atoms with Crippen LogP contribution in [0.1, 0.15) is 44.6 Å². The van der Waals surface area contributed by atoms with Gasteiger partial charge in [0.25, 0.3) is 0 Å². The van der Waals surface area contributed by atoms with Gasteiger partial charge in [-0.25, -0.2) is 4.79 Å². The molecule has 0 atom stereocenters. The van der Waals surface area contributed by atoms with E-state index in [0.29, 0.717) is 22.4 Å². The Bertz CT molecular complexity index is 1040. The van der Waals surface area contributed by atoms with Crippen LogP contribution in [0.3, 0.4) is 0 Å². The van der Waals surface area contributed by atoms with Crippen LogP contribution in [-0.4, -0.2) is 22.9 Å². The SMILES string of the molecule is CCOC(=O)c1c(-c2ccc(C)cc2)c2n(c1C)-c1ccccc1C2=O. The Morgan fingerprint density at radius 2 is 1.73 bits per heavy atom. The van der Waals surface area contributed by atoms with E-state index in [1.807, 2.05) is 66.9 Å². The molecule has 4 heteroatoms. The second-order valence-electron chi connectivity index (χ2n) is 6.45. The smallest absolute Gasteiger partial charge is 0.340 e. The molecule has 0 aliphatic carbocycles. The number of rotatable bonds is 3. The molecule has 2 heterocycles. The van der Waals surface area contributed by atoms with Gasteiger partial charge in [-0.2, -0.15) is 0 Å². The van der Waals surface area contributed by atoms with Crippen LogP contribution < -0.4 is 0 Å². The van der Waals surface area contributed by atoms with Crippen molar-refractivity contribution >= 4 is 11.8 Å². The normalized spacial score (nSPS) is 12.0. The van der Waals surface area contributed by atoms with Crippen molar-refractivity contribution < 1.29 is 14.3 Å². The number of aromatic nitrogens is 1. The molecule has 1 aromatic heterocycles. The Morgan fingerprint density at radius 3 is 2.42 bits per heavy atom. The Balaban J connectivity index is 2.06. The molecule has 4 rings (SSSR count). The van der Waals surface area contributed by atoms with Crippen molar-refractivity contribution in [2.24, 2.45) is 0 Å². The monoisotopic (exact) mass is 345 g/mol. The third kappa shape index (κ3) is 2.22. The summed E-state index contributed by atoms with van der Waals surface area (Å²) in [7, 11) is 0. The lowest BCUT2D eigenvalue weighted by Gasteiger charge is -2.08. The highest BCUT2D eigenvalue weighted by atomic mass is 16.5. The second kappa shape index (κ2) is 5.99. The Kier molecular flexibility index (Phi) is 3.76. The summed E-state index contributed by atoms with van der Waals surface area (Å²) in [6.07, 6.45) is 0. The highest BCUT2D eigenvalue weighted by molar-refractivity contribution is 6.20. The predicted octanol–water partition coefficient (Wildman–Crippen LogP) is 4.48. The van der Waals surface area contributed by atoms with Gasteiger partial charge in [0, 0.05) is 16.8 Å². The highest BCUT2D eigenvalue weighted by Crippen LogP contribution is 2.41. The first kappa shape index (κ1) is 16.3. The lowest BCUT2D eigenvalue weighted by Crippen LogP contribution is -2.08. The minimum atomic E-state index is -0.396. The molecule has 0 spiro atoms. The summed E-state index contributed by atoms with van der Waals surface area (Å²) in [6, 6.07) is 15.4. The number of hydrogen-bond acceptors (Lipinski definition) is 3. The largest absolute Gasteiger partial charge is 0.462 e. The minimum absolute atomic E-state index is 0.0603. The lowest BCUT2D eigenvalue weighted by atomic mass is 9.96. The van der Waals surface area contributed by atoms with Crippen LogP contribution in [0.2, 0.25) is 0 Å². The van der Waals surface area contributed by atoms with Gasteiger partial charge in [-0.15, -0.1) is 0 Å². The van der Waals surface area contributed by atoms with Crippen LogP contribution >= 0.6 is 0 Å². The molecular formula is C22H19NO3. The molecule has 0 N–H and O–H groups in total. The van der Waals surface area contributed by atoms with E-state index in [-0.39, 0.29) is 12.4 Å². The first-order valence-corrected chi connectivity index (χ1v) is 8.68. The molecule has 0 saturated heterocycles. The molecule has 0 bridgehead atoms. The van der Waals surface area contributed by atoms with Crippen LogP contribution in [-0.2, 0) is 4.74 Å². The van der Waals surface area contributed by atoms with E-state index in [0.717, 1.165) is 22.5 Å². The van der Waals surface area contributed by atoms with Crippen LogP contribution in [0.4, 0.5) is 0 Å². The molecule has 2 aromatic carbocycles. The maximum Gasteiger partial charge on any atom is 0.340 e. The van der Waals surface area contributed by atoms with Crippen molar-refractivity contribution in [2.75, 3.05) is 6.61 Å². The first-order chi connectivity index (χ1) is 12.5. The molecule has 0 fully saturated rings. The summed E-state index contributed by atoms with van der Waals surface area (Å²) < 4.78 is 7.18. The molecule has 1 aliphatic rings. The number of nitrogens with zero attached hydrogens (tertiary/aromatic N) is 1. The second-order valence-corrected chi connectivity index (χ2v) is 6.45. The fourth-order valence-corrected chi connectivity index (χ4v) is 3.65. The number of carbonyl (C=O) groups is 2. The zero-order valence-corrected chi connectivity index (χ0v) is 15.0. The number of ether oxygens (including phenoxy) is 1. The molecule has 4 nitrogen and oxygen atoms in total. The van der Waals surface area contributed by atoms with Crippen molar-refractivity contribution in [3.05, 3.63) is 76.6 Å². The Hall–Kier alpha value is -3.14. The zero-order chi connectivity index (χ0) is 18.4. The number of esters is 1. The summed E-state index contributed by atoms with van der Waals surface area (Å²) in [5, 5.41) is 0. The summed E-state index contributed by atoms with van der Waals surface area (Å²) >= 11 is 0. The number of para-hydroxylation sites is 1. The van der Waals surface area contributed by atoms with Crippen molar-refractivity contribution in [1.29, 1.82) is 0 Å². The van der Waals surface area contributed by atoms with E-state index >= 15 is 0 Å². The van der Waals surface area contributed by atoms with Gasteiger partial charge in [0.05, 0.1) is 17.9 Å². The van der Waals surface area contributed by atoms with Crippen LogP contribution in [0.15, 0.2) is 48.5 Å². The summed E-state index contributed by atoms with van der Waals surface area (Å²) in [5.41, 5.74) is 5.83. The molecule has 1 aliphatic heterocycles. The number of benzene rings is 2. The van der Waals surface area contributed by atoms with Gasteiger partial charge in [0.15, 0.2) is 0 Å². The third-order valence-corrected chi connectivity index (χ3v) is 4.83. The van der Waals surface area contributed by atoms with Crippen molar-refractivity contribution in [3.63, 3.8) is 0 Å². The molecule has 3 aromatic rings. The van der Waals surface area contributed by atoms with E-state index in [1.165, 1.54) is 0 Å². The van der Waals surface area contributed by atoms with Crippen LogP contribution in [0.25, 0.3) is 16.8 Å². The maximum absolute atomic E-state index is 13.1. The fraction of sp³-hybridized carbons (Fsp3) is 0.182. The summed E-state index contributed by atoms with van der Waals surface area (Å²) in [4.78, 5) is 25.8. The Morgan fingerprint density at radius 1 is 1.04 bits per heavy atom. The van der Waals surface area contributed by atoms with E-state index in [9.17, 15) is 9.59 Å². The Labute approximate surface area is 152 Å². The first-order valence-electron chi connectivity index (χ1n) is 8.68. The molecule has 0 amide bonds. The molecular weight excluding hydrogens is 326 g/mol. The van der Waals surface area contributed by atoms with Gasteiger partial charge >= 0.3 is 5.97 Å². The van der Waals surface area contributed by atoms with Crippen LogP contribution in [0.5, 0.6) is 0 Å². The predicted molar refractivity (Wildman–Crippen MR) is 100 cm³/mol. The molecule has 0 saturated carbocycles.